The third-order valence-electron chi connectivity index (χ3n) is 9.02. The highest BCUT2D eigenvalue weighted by molar-refractivity contribution is 7.91. The van der Waals surface area contributed by atoms with Crippen molar-refractivity contribution in [1.82, 2.24) is 14.9 Å². The minimum atomic E-state index is -3.79. The zero-order chi connectivity index (χ0) is 29.4. The lowest BCUT2D eigenvalue weighted by Crippen LogP contribution is -2.57. The van der Waals surface area contributed by atoms with Crippen molar-refractivity contribution in [2.24, 2.45) is 17.6 Å². The number of carbonyl (C=O) groups excluding carboxylic acids is 4. The van der Waals surface area contributed by atoms with Crippen LogP contribution >= 0.6 is 0 Å². The second-order valence-electron chi connectivity index (χ2n) is 12.1. The molecule has 2 heterocycles. The molecule has 2 saturated carbocycles. The first-order valence-electron chi connectivity index (χ1n) is 14.7. The molecule has 3 fully saturated rings. The van der Waals surface area contributed by atoms with Crippen LogP contribution in [0.2, 0.25) is 0 Å². The topological polar surface area (TPSA) is 156 Å². The van der Waals surface area contributed by atoms with Gasteiger partial charge in [0.05, 0.1) is 17.1 Å². The average molecular weight is 585 g/mol. The Bertz CT molecular complexity index is 1340. The van der Waals surface area contributed by atoms with Crippen LogP contribution in [-0.4, -0.2) is 60.3 Å². The number of fused-ring (bicyclic) bond motifs is 2. The summed E-state index contributed by atoms with van der Waals surface area (Å²) in [4.78, 5) is 55.5. The van der Waals surface area contributed by atoms with Gasteiger partial charge < -0.3 is 16.0 Å². The van der Waals surface area contributed by atoms with E-state index in [2.05, 4.69) is 10.0 Å². The molecule has 0 spiro atoms. The largest absolute Gasteiger partial charge is 0.369 e. The number of primary amides is 1. The van der Waals surface area contributed by atoms with Crippen molar-refractivity contribution >= 4 is 33.7 Å². The monoisotopic (exact) mass is 584 g/mol. The molecule has 4 N–H and O–H groups in total. The van der Waals surface area contributed by atoms with Gasteiger partial charge >= 0.3 is 0 Å². The average Bonchev–Trinajstić information content (AvgIpc) is 3.84. The fourth-order valence-electron chi connectivity index (χ4n) is 6.35. The Morgan fingerprint density at radius 2 is 1.78 bits per heavy atom. The number of allylic oxidation sites excluding steroid dienone is 1. The quantitative estimate of drug-likeness (QED) is 0.435. The molecule has 10 nitrogen and oxygen atoms in total. The Labute approximate surface area is 241 Å². The standard InChI is InChI=1S/C30H40N4O6S/c1-19-11-13-20(14-12-19)25(26(31)35)23-9-6-4-2-3-5-8-21-18-30(21,29(38)33-41(39,40)22-15-16-22)32-27(36)24-10-7-17-34(24)28(23)37/h5,8,11-14,21-25H,2-4,6-7,9-10,15-18H2,1H3,(H2,31,35)(H,32,36)(H,33,38)/b8-5-. The lowest BCUT2D eigenvalue weighted by molar-refractivity contribution is -0.144. The number of carbonyl (C=O) groups is 4. The smallest absolute Gasteiger partial charge is 0.259 e. The lowest BCUT2D eigenvalue weighted by Gasteiger charge is -2.32. The van der Waals surface area contributed by atoms with Crippen LogP contribution in [0.15, 0.2) is 36.4 Å². The number of amides is 4. The van der Waals surface area contributed by atoms with Gasteiger partial charge in [0.2, 0.25) is 27.7 Å². The zero-order valence-electron chi connectivity index (χ0n) is 23.5. The molecule has 1 aromatic carbocycles. The van der Waals surface area contributed by atoms with Gasteiger partial charge in [-0.05, 0) is 63.9 Å². The molecule has 11 heteroatoms. The Kier molecular flexibility index (Phi) is 8.27. The Hall–Kier alpha value is -3.21. The summed E-state index contributed by atoms with van der Waals surface area (Å²) < 4.78 is 27.3. The molecule has 222 valence electrons. The predicted octanol–water partition coefficient (Wildman–Crippen LogP) is 2.17. The van der Waals surface area contributed by atoms with Crippen molar-refractivity contribution in [3.63, 3.8) is 0 Å². The molecule has 4 amide bonds. The first-order chi connectivity index (χ1) is 19.5. The van der Waals surface area contributed by atoms with Gasteiger partial charge in [0.1, 0.15) is 11.6 Å². The highest BCUT2D eigenvalue weighted by Gasteiger charge is 2.62. The van der Waals surface area contributed by atoms with E-state index in [1.54, 1.807) is 0 Å². The summed E-state index contributed by atoms with van der Waals surface area (Å²) >= 11 is 0. The van der Waals surface area contributed by atoms with Crippen LogP contribution in [0.5, 0.6) is 0 Å². The van der Waals surface area contributed by atoms with Crippen LogP contribution in [0.25, 0.3) is 0 Å². The van der Waals surface area contributed by atoms with E-state index >= 15 is 0 Å². The number of nitrogens with two attached hydrogens (primary N) is 1. The summed E-state index contributed by atoms with van der Waals surface area (Å²) in [6.45, 7) is 2.30. The van der Waals surface area contributed by atoms with Crippen LogP contribution in [0.1, 0.15) is 81.3 Å². The number of nitrogens with zero attached hydrogens (tertiary/aromatic N) is 1. The van der Waals surface area contributed by atoms with Crippen LogP contribution in [0.4, 0.5) is 0 Å². The maximum Gasteiger partial charge on any atom is 0.259 e. The van der Waals surface area contributed by atoms with Crippen molar-refractivity contribution in [3.8, 4) is 0 Å². The molecule has 2 aliphatic heterocycles. The van der Waals surface area contributed by atoms with Crippen molar-refractivity contribution < 1.29 is 27.6 Å². The number of hydrogen-bond donors (Lipinski definition) is 3. The van der Waals surface area contributed by atoms with Gasteiger partial charge in [-0.25, -0.2) is 8.42 Å². The molecule has 41 heavy (non-hydrogen) atoms. The normalized spacial score (nSPS) is 30.6. The summed E-state index contributed by atoms with van der Waals surface area (Å²) in [5.74, 6) is -3.96. The van der Waals surface area contributed by atoms with Gasteiger partial charge in [-0.15, -0.1) is 0 Å². The molecular weight excluding hydrogens is 544 g/mol. The van der Waals surface area contributed by atoms with Gasteiger partial charge in [-0.3, -0.25) is 23.9 Å². The van der Waals surface area contributed by atoms with Crippen LogP contribution in [0, 0.1) is 18.8 Å². The number of nitrogens with one attached hydrogen (secondary N) is 2. The van der Waals surface area contributed by atoms with E-state index in [-0.39, 0.29) is 11.8 Å². The molecule has 0 radical (unpaired) electrons. The summed E-state index contributed by atoms with van der Waals surface area (Å²) in [6.07, 6.45) is 9.82. The predicted molar refractivity (Wildman–Crippen MR) is 153 cm³/mol. The minimum Gasteiger partial charge on any atom is -0.369 e. The molecule has 1 saturated heterocycles. The number of hydrogen-bond acceptors (Lipinski definition) is 6. The van der Waals surface area contributed by atoms with Crippen LogP contribution < -0.4 is 15.8 Å². The summed E-state index contributed by atoms with van der Waals surface area (Å²) in [7, 11) is -3.79. The second-order valence-corrected chi connectivity index (χ2v) is 14.1. The lowest BCUT2D eigenvalue weighted by atomic mass is 9.80. The van der Waals surface area contributed by atoms with Crippen molar-refractivity contribution in [2.75, 3.05) is 6.54 Å². The number of rotatable bonds is 6. The fraction of sp³-hybridized carbons (Fsp3) is 0.600. The number of sulfonamides is 1. The molecule has 0 aromatic heterocycles. The molecule has 0 bridgehead atoms. The van der Waals surface area contributed by atoms with Gasteiger partial charge in [0.15, 0.2) is 0 Å². The van der Waals surface area contributed by atoms with Gasteiger partial charge in [-0.1, -0.05) is 54.8 Å². The number of benzene rings is 1. The molecule has 4 aliphatic rings. The van der Waals surface area contributed by atoms with E-state index in [0.717, 1.165) is 31.2 Å². The van der Waals surface area contributed by atoms with Gasteiger partial charge in [0.25, 0.3) is 5.91 Å². The van der Waals surface area contributed by atoms with E-state index in [1.807, 2.05) is 43.3 Å². The first kappa shape index (κ1) is 29.3. The summed E-state index contributed by atoms with van der Waals surface area (Å²) in [5.41, 5.74) is 6.24. The molecule has 2 aliphatic carbocycles. The highest BCUT2D eigenvalue weighted by Crippen LogP contribution is 2.46. The molecule has 5 atom stereocenters. The maximum atomic E-state index is 14.1. The third-order valence-corrected chi connectivity index (χ3v) is 10.8. The van der Waals surface area contributed by atoms with Gasteiger partial charge in [-0.2, -0.15) is 0 Å². The zero-order valence-corrected chi connectivity index (χ0v) is 24.3. The minimum absolute atomic E-state index is 0.290. The van der Waals surface area contributed by atoms with E-state index in [0.29, 0.717) is 50.6 Å². The van der Waals surface area contributed by atoms with E-state index in [9.17, 15) is 27.6 Å². The van der Waals surface area contributed by atoms with Crippen LogP contribution in [0.3, 0.4) is 0 Å². The van der Waals surface area contributed by atoms with Crippen molar-refractivity contribution in [1.29, 1.82) is 0 Å². The fourth-order valence-corrected chi connectivity index (χ4v) is 7.71. The van der Waals surface area contributed by atoms with E-state index < -0.39 is 56.4 Å². The molecule has 5 unspecified atom stereocenters. The molecule has 1 aromatic rings. The highest BCUT2D eigenvalue weighted by atomic mass is 32.2. The molecular formula is C30H40N4O6S. The second kappa shape index (κ2) is 11.6. The van der Waals surface area contributed by atoms with Crippen molar-refractivity contribution in [3.05, 3.63) is 47.5 Å². The third kappa shape index (κ3) is 6.19. The van der Waals surface area contributed by atoms with Crippen molar-refractivity contribution in [2.45, 2.75) is 93.9 Å². The maximum absolute atomic E-state index is 14.1. The van der Waals surface area contributed by atoms with Gasteiger partial charge in [0, 0.05) is 12.5 Å². The Morgan fingerprint density at radius 3 is 2.46 bits per heavy atom. The van der Waals surface area contributed by atoms with E-state index in [4.69, 9.17) is 5.73 Å². The first-order valence-corrected chi connectivity index (χ1v) is 16.3. The van der Waals surface area contributed by atoms with E-state index in [1.165, 1.54) is 4.90 Å². The summed E-state index contributed by atoms with van der Waals surface area (Å²) in [5, 5.41) is 2.29. The summed E-state index contributed by atoms with van der Waals surface area (Å²) in [6, 6.07) is 6.62. The molecule has 5 rings (SSSR count). The Balaban J connectivity index is 1.43. The SMILES string of the molecule is Cc1ccc(C(C(N)=O)C2CCCCC/C=C\C3CC3(C(=O)NS(=O)(=O)C3CC3)NC(=O)C3CCCN3C2=O)cc1. The van der Waals surface area contributed by atoms with Crippen LogP contribution in [-0.2, 0) is 29.2 Å². The number of aryl methyl sites for hydroxylation is 1. The Morgan fingerprint density at radius 1 is 1.05 bits per heavy atom.